The summed E-state index contributed by atoms with van der Waals surface area (Å²) in [5, 5.41) is 3.31. The van der Waals surface area contributed by atoms with Crippen molar-refractivity contribution in [3.63, 3.8) is 0 Å². The first kappa shape index (κ1) is 12.4. The first-order chi connectivity index (χ1) is 9.40. The number of hydrogen-bond donors (Lipinski definition) is 1. The lowest BCUT2D eigenvalue weighted by Crippen LogP contribution is -2.22. The smallest absolute Gasteiger partial charge is 0.181 e. The fraction of sp³-hybridized carbons (Fsp3) is 0.400. The number of fused-ring (bicyclic) bond motifs is 1. The Labute approximate surface area is 112 Å². The zero-order valence-corrected chi connectivity index (χ0v) is 11.1. The topological polar surface area (TPSA) is 47.3 Å². The van der Waals surface area contributed by atoms with Gasteiger partial charge >= 0.3 is 0 Å². The monoisotopic (exact) mass is 258 g/mol. The molecule has 19 heavy (non-hydrogen) atoms. The highest BCUT2D eigenvalue weighted by molar-refractivity contribution is 5.45. The van der Waals surface area contributed by atoms with E-state index in [9.17, 15) is 0 Å². The number of rotatable bonds is 6. The summed E-state index contributed by atoms with van der Waals surface area (Å²) in [5.74, 6) is 1.38. The molecule has 1 unspecified atom stereocenters. The minimum Gasteiger partial charge on any atom is -0.447 e. The summed E-state index contributed by atoms with van der Waals surface area (Å²) >= 11 is 0. The summed E-state index contributed by atoms with van der Waals surface area (Å²) in [6.45, 7) is 2.26. The third-order valence-corrected chi connectivity index (χ3v) is 3.62. The fourth-order valence-electron chi connectivity index (χ4n) is 2.57. The maximum absolute atomic E-state index is 5.60. The Balaban J connectivity index is 1.68. The van der Waals surface area contributed by atoms with Crippen LogP contribution in [0.15, 0.2) is 35.1 Å². The van der Waals surface area contributed by atoms with Gasteiger partial charge in [-0.05, 0) is 17.5 Å². The molecule has 0 bridgehead atoms. The van der Waals surface area contributed by atoms with Crippen molar-refractivity contribution in [2.45, 2.75) is 18.9 Å². The standard InChI is InChI=1S/C15H18N2O2/c1-18-7-6-16-9-14-15(19-10-17-14)13-8-11-4-2-3-5-12(11)13/h2-5,10,13,16H,6-9H2,1H3. The molecule has 1 N–H and O–H groups in total. The molecule has 1 heterocycles. The van der Waals surface area contributed by atoms with E-state index in [1.165, 1.54) is 11.1 Å². The molecular formula is C15H18N2O2. The lowest BCUT2D eigenvalue weighted by atomic mass is 9.76. The van der Waals surface area contributed by atoms with Gasteiger partial charge < -0.3 is 14.5 Å². The average molecular weight is 258 g/mol. The van der Waals surface area contributed by atoms with E-state index in [2.05, 4.69) is 34.6 Å². The van der Waals surface area contributed by atoms with Gasteiger partial charge in [0.15, 0.2) is 6.39 Å². The largest absolute Gasteiger partial charge is 0.447 e. The van der Waals surface area contributed by atoms with Crippen LogP contribution in [0.3, 0.4) is 0 Å². The van der Waals surface area contributed by atoms with Crippen LogP contribution in [0.25, 0.3) is 0 Å². The van der Waals surface area contributed by atoms with E-state index < -0.39 is 0 Å². The van der Waals surface area contributed by atoms with Gasteiger partial charge in [-0.1, -0.05) is 24.3 Å². The van der Waals surface area contributed by atoms with Gasteiger partial charge in [0.25, 0.3) is 0 Å². The van der Waals surface area contributed by atoms with Crippen LogP contribution < -0.4 is 5.32 Å². The Morgan fingerprint density at radius 2 is 2.32 bits per heavy atom. The molecule has 0 radical (unpaired) electrons. The molecule has 0 saturated heterocycles. The Hall–Kier alpha value is -1.65. The van der Waals surface area contributed by atoms with Crippen LogP contribution in [0.4, 0.5) is 0 Å². The van der Waals surface area contributed by atoms with Crippen molar-refractivity contribution in [2.24, 2.45) is 0 Å². The summed E-state index contributed by atoms with van der Waals surface area (Å²) in [7, 11) is 1.70. The van der Waals surface area contributed by atoms with Crippen LogP contribution >= 0.6 is 0 Å². The number of aromatic nitrogens is 1. The number of nitrogens with one attached hydrogen (secondary N) is 1. The van der Waals surface area contributed by atoms with E-state index in [4.69, 9.17) is 9.15 Å². The quantitative estimate of drug-likeness (QED) is 0.806. The molecule has 0 spiro atoms. The Kier molecular flexibility index (Phi) is 3.62. The van der Waals surface area contributed by atoms with Crippen LogP contribution in [-0.4, -0.2) is 25.2 Å². The van der Waals surface area contributed by atoms with Crippen molar-refractivity contribution in [1.29, 1.82) is 0 Å². The molecule has 1 aromatic heterocycles. The first-order valence-electron chi connectivity index (χ1n) is 6.60. The SMILES string of the molecule is COCCNCc1ncoc1C1Cc2ccccc21. The first-order valence-corrected chi connectivity index (χ1v) is 6.60. The molecule has 0 saturated carbocycles. The lowest BCUT2D eigenvalue weighted by Gasteiger charge is -2.28. The van der Waals surface area contributed by atoms with Crippen LogP contribution in [-0.2, 0) is 17.7 Å². The number of methoxy groups -OCH3 is 1. The van der Waals surface area contributed by atoms with Crippen LogP contribution in [0, 0.1) is 0 Å². The Morgan fingerprint density at radius 3 is 3.16 bits per heavy atom. The molecular weight excluding hydrogens is 240 g/mol. The normalized spacial score (nSPS) is 17.0. The molecule has 1 aliphatic rings. The van der Waals surface area contributed by atoms with Crippen molar-refractivity contribution < 1.29 is 9.15 Å². The zero-order chi connectivity index (χ0) is 13.1. The second-order valence-corrected chi connectivity index (χ2v) is 4.79. The number of ether oxygens (including phenoxy) is 1. The fourth-order valence-corrected chi connectivity index (χ4v) is 2.57. The van der Waals surface area contributed by atoms with Gasteiger partial charge in [-0.2, -0.15) is 0 Å². The van der Waals surface area contributed by atoms with Crippen molar-refractivity contribution in [2.75, 3.05) is 20.3 Å². The van der Waals surface area contributed by atoms with Gasteiger partial charge in [-0.3, -0.25) is 0 Å². The van der Waals surface area contributed by atoms with Gasteiger partial charge in [0.2, 0.25) is 0 Å². The third-order valence-electron chi connectivity index (χ3n) is 3.62. The molecule has 1 atom stereocenters. The van der Waals surface area contributed by atoms with E-state index in [1.54, 1.807) is 13.5 Å². The Bertz CT molecular complexity index is 551. The molecule has 1 aromatic carbocycles. The predicted molar refractivity (Wildman–Crippen MR) is 72.1 cm³/mol. The molecule has 3 rings (SSSR count). The summed E-state index contributed by atoms with van der Waals surface area (Å²) < 4.78 is 10.6. The molecule has 100 valence electrons. The second-order valence-electron chi connectivity index (χ2n) is 4.79. The highest BCUT2D eigenvalue weighted by Gasteiger charge is 2.31. The van der Waals surface area contributed by atoms with Crippen molar-refractivity contribution >= 4 is 0 Å². The number of hydrogen-bond acceptors (Lipinski definition) is 4. The van der Waals surface area contributed by atoms with E-state index in [-0.39, 0.29) is 0 Å². The van der Waals surface area contributed by atoms with Gasteiger partial charge in [0, 0.05) is 26.1 Å². The molecule has 0 aliphatic heterocycles. The Morgan fingerprint density at radius 1 is 1.42 bits per heavy atom. The highest BCUT2D eigenvalue weighted by atomic mass is 16.5. The van der Waals surface area contributed by atoms with Crippen LogP contribution in [0.2, 0.25) is 0 Å². The molecule has 0 fully saturated rings. The maximum atomic E-state index is 5.60. The summed E-state index contributed by atoms with van der Waals surface area (Å²) in [4.78, 5) is 4.32. The van der Waals surface area contributed by atoms with E-state index >= 15 is 0 Å². The molecule has 4 nitrogen and oxygen atoms in total. The molecule has 0 amide bonds. The number of benzene rings is 1. The average Bonchev–Trinajstić information content (AvgIpc) is 2.84. The van der Waals surface area contributed by atoms with Crippen LogP contribution in [0.1, 0.15) is 28.5 Å². The van der Waals surface area contributed by atoms with Gasteiger partial charge in [-0.25, -0.2) is 4.98 Å². The van der Waals surface area contributed by atoms with E-state index in [1.807, 2.05) is 0 Å². The molecule has 4 heteroatoms. The summed E-state index contributed by atoms with van der Waals surface area (Å²) in [5.41, 5.74) is 3.80. The van der Waals surface area contributed by atoms with Crippen molar-refractivity contribution in [3.05, 3.63) is 53.2 Å². The zero-order valence-electron chi connectivity index (χ0n) is 11.1. The number of oxazole rings is 1. The summed E-state index contributed by atoms with van der Waals surface area (Å²) in [6.07, 6.45) is 2.60. The van der Waals surface area contributed by atoms with Gasteiger partial charge in [0.05, 0.1) is 12.3 Å². The van der Waals surface area contributed by atoms with Crippen molar-refractivity contribution in [1.82, 2.24) is 10.3 Å². The second kappa shape index (κ2) is 5.55. The lowest BCUT2D eigenvalue weighted by molar-refractivity contribution is 0.199. The van der Waals surface area contributed by atoms with Crippen molar-refractivity contribution in [3.8, 4) is 0 Å². The van der Waals surface area contributed by atoms with E-state index in [0.29, 0.717) is 12.5 Å². The predicted octanol–water partition coefficient (Wildman–Crippen LogP) is 2.10. The molecule has 1 aliphatic carbocycles. The van der Waals surface area contributed by atoms with Gasteiger partial charge in [-0.15, -0.1) is 0 Å². The van der Waals surface area contributed by atoms with E-state index in [0.717, 1.165) is 31.0 Å². The highest BCUT2D eigenvalue weighted by Crippen LogP contribution is 2.40. The van der Waals surface area contributed by atoms with Crippen LogP contribution in [0.5, 0.6) is 0 Å². The summed E-state index contributed by atoms with van der Waals surface area (Å²) in [6, 6.07) is 8.52. The minimum absolute atomic E-state index is 0.373. The van der Waals surface area contributed by atoms with Gasteiger partial charge in [0.1, 0.15) is 5.76 Å². The maximum Gasteiger partial charge on any atom is 0.181 e. The molecule has 2 aromatic rings. The third kappa shape index (κ3) is 2.41. The minimum atomic E-state index is 0.373. The number of nitrogens with zero attached hydrogens (tertiary/aromatic N) is 1.